The molecule has 0 aromatic heterocycles. The number of carbonyl (C=O) groups excluding carboxylic acids is 1. The number of nitrogens with zero attached hydrogens (tertiary/aromatic N) is 1. The Morgan fingerprint density at radius 3 is 2.61 bits per heavy atom. The van der Waals surface area contributed by atoms with Crippen molar-refractivity contribution in [3.8, 4) is 0 Å². The maximum atomic E-state index is 13.3. The number of rotatable bonds is 8. The predicted molar refractivity (Wildman–Crippen MR) is 101 cm³/mol. The topological polar surface area (TPSA) is 90.9 Å². The van der Waals surface area contributed by atoms with E-state index in [4.69, 9.17) is 9.84 Å². The molecular weight excluding hydrogens is 365 g/mol. The van der Waals surface area contributed by atoms with E-state index in [0.29, 0.717) is 13.2 Å². The molecule has 8 heteroatoms. The smallest absolute Gasteiger partial charge is 0.317 e. The Morgan fingerprint density at radius 1 is 1.32 bits per heavy atom. The first-order chi connectivity index (χ1) is 13.5. The minimum atomic E-state index is -0.838. The van der Waals surface area contributed by atoms with Crippen molar-refractivity contribution < 1.29 is 23.8 Å². The van der Waals surface area contributed by atoms with E-state index in [-0.39, 0.29) is 42.6 Å². The highest BCUT2D eigenvalue weighted by Gasteiger charge is 2.35. The zero-order chi connectivity index (χ0) is 20.1. The summed E-state index contributed by atoms with van der Waals surface area (Å²) in [7, 11) is 0. The van der Waals surface area contributed by atoms with Crippen LogP contribution in [0.3, 0.4) is 0 Å². The normalized spacial score (nSPS) is 25.2. The van der Waals surface area contributed by atoms with E-state index in [1.165, 1.54) is 12.1 Å². The molecule has 7 nitrogen and oxygen atoms in total. The van der Waals surface area contributed by atoms with Crippen molar-refractivity contribution in [1.29, 1.82) is 0 Å². The Morgan fingerprint density at radius 2 is 2.04 bits per heavy atom. The molecule has 0 bridgehead atoms. The van der Waals surface area contributed by atoms with Crippen molar-refractivity contribution in [2.45, 2.75) is 56.8 Å². The van der Waals surface area contributed by atoms with Crippen LogP contribution in [0.2, 0.25) is 0 Å². The number of urea groups is 1. The van der Waals surface area contributed by atoms with Crippen LogP contribution in [0.15, 0.2) is 24.3 Å². The quantitative estimate of drug-likeness (QED) is 0.630. The van der Waals surface area contributed by atoms with Gasteiger partial charge in [0.05, 0.1) is 18.7 Å². The number of aliphatic carboxylic acids is 1. The molecule has 1 aromatic rings. The van der Waals surface area contributed by atoms with Gasteiger partial charge < -0.3 is 20.5 Å². The molecule has 2 aliphatic rings. The lowest BCUT2D eigenvalue weighted by Crippen LogP contribution is -2.57. The van der Waals surface area contributed by atoms with Crippen LogP contribution in [0, 0.1) is 5.82 Å². The van der Waals surface area contributed by atoms with Crippen LogP contribution < -0.4 is 10.6 Å². The van der Waals surface area contributed by atoms with E-state index in [1.54, 1.807) is 12.1 Å². The van der Waals surface area contributed by atoms with E-state index < -0.39 is 5.97 Å². The second-order valence-corrected chi connectivity index (χ2v) is 7.48. The number of hydrogen-bond donors (Lipinski definition) is 3. The van der Waals surface area contributed by atoms with Gasteiger partial charge in [-0.25, -0.2) is 9.18 Å². The predicted octanol–water partition coefficient (Wildman–Crippen LogP) is 2.28. The molecule has 1 aromatic carbocycles. The van der Waals surface area contributed by atoms with E-state index in [2.05, 4.69) is 10.6 Å². The molecule has 0 radical (unpaired) electrons. The molecule has 2 unspecified atom stereocenters. The minimum Gasteiger partial charge on any atom is -0.480 e. The van der Waals surface area contributed by atoms with Crippen molar-refractivity contribution in [3.63, 3.8) is 0 Å². The molecular formula is C20H28FN3O4. The van der Waals surface area contributed by atoms with Gasteiger partial charge in [0.15, 0.2) is 0 Å². The third kappa shape index (κ3) is 5.20. The van der Waals surface area contributed by atoms with Gasteiger partial charge in [-0.1, -0.05) is 19.1 Å². The fourth-order valence-corrected chi connectivity index (χ4v) is 3.97. The van der Waals surface area contributed by atoms with Gasteiger partial charge in [-0.05, 0) is 49.9 Å². The average Bonchev–Trinajstić information content (AvgIpc) is 3.16. The number of benzene rings is 1. The molecule has 1 heterocycles. The fraction of sp³-hybridized carbons (Fsp3) is 0.600. The third-order valence-corrected chi connectivity index (χ3v) is 5.56. The zero-order valence-corrected chi connectivity index (χ0v) is 16.1. The first-order valence-electron chi connectivity index (χ1n) is 9.86. The summed E-state index contributed by atoms with van der Waals surface area (Å²) in [5.74, 6) is -1.16. The monoisotopic (exact) mass is 393 g/mol. The van der Waals surface area contributed by atoms with Gasteiger partial charge >= 0.3 is 12.0 Å². The number of likely N-dealkylation sites (N-methyl/N-ethyl adjacent to an activating group) is 1. The summed E-state index contributed by atoms with van der Waals surface area (Å²) in [5, 5.41) is 14.9. The Kier molecular flexibility index (Phi) is 6.85. The molecule has 2 amide bonds. The standard InChI is InChI=1S/C20H28FN3O4/c1-2-24(12-18(25)26)16-10-15(11-16)22-20(27)23-19(17-4-3-9-28-17)13-5-7-14(21)8-6-13/h5-8,15-17,19H,2-4,9-12H2,1H3,(H,25,26)(H2,22,23,27). The maximum absolute atomic E-state index is 13.3. The number of nitrogens with one attached hydrogen (secondary N) is 2. The first-order valence-corrected chi connectivity index (χ1v) is 9.86. The lowest BCUT2D eigenvalue weighted by Gasteiger charge is -2.42. The molecule has 28 heavy (non-hydrogen) atoms. The van der Waals surface area contributed by atoms with Crippen LogP contribution in [0.5, 0.6) is 0 Å². The number of carbonyl (C=O) groups is 2. The summed E-state index contributed by atoms with van der Waals surface area (Å²) in [5.41, 5.74) is 0.813. The summed E-state index contributed by atoms with van der Waals surface area (Å²) in [6.45, 7) is 3.28. The number of hydrogen-bond acceptors (Lipinski definition) is 4. The van der Waals surface area contributed by atoms with Crippen LogP contribution >= 0.6 is 0 Å². The molecule has 3 N–H and O–H groups in total. The zero-order valence-electron chi connectivity index (χ0n) is 16.1. The molecule has 1 aliphatic heterocycles. The Bertz CT molecular complexity index is 673. The molecule has 3 rings (SSSR count). The van der Waals surface area contributed by atoms with Gasteiger partial charge in [0.1, 0.15) is 5.82 Å². The summed E-state index contributed by atoms with van der Waals surface area (Å²) in [6.07, 6.45) is 3.11. The molecule has 1 saturated heterocycles. The minimum absolute atomic E-state index is 0.0196. The van der Waals surface area contributed by atoms with Crippen molar-refractivity contribution in [1.82, 2.24) is 15.5 Å². The number of amides is 2. The van der Waals surface area contributed by atoms with E-state index in [9.17, 15) is 14.0 Å². The molecule has 1 saturated carbocycles. The van der Waals surface area contributed by atoms with Gasteiger partial charge in [0.2, 0.25) is 0 Å². The lowest BCUT2D eigenvalue weighted by molar-refractivity contribution is -0.139. The second-order valence-electron chi connectivity index (χ2n) is 7.48. The van der Waals surface area contributed by atoms with Gasteiger partial charge in [-0.15, -0.1) is 0 Å². The third-order valence-electron chi connectivity index (χ3n) is 5.56. The van der Waals surface area contributed by atoms with Crippen molar-refractivity contribution in [2.75, 3.05) is 19.7 Å². The Labute approximate surface area is 164 Å². The van der Waals surface area contributed by atoms with Crippen molar-refractivity contribution in [2.24, 2.45) is 0 Å². The highest BCUT2D eigenvalue weighted by molar-refractivity contribution is 5.75. The Hall–Kier alpha value is -2.19. The van der Waals surface area contributed by atoms with E-state index in [1.807, 2.05) is 11.8 Å². The van der Waals surface area contributed by atoms with Gasteiger partial charge in [0, 0.05) is 18.7 Å². The van der Waals surface area contributed by atoms with Gasteiger partial charge in [-0.2, -0.15) is 0 Å². The fourth-order valence-electron chi connectivity index (χ4n) is 3.97. The maximum Gasteiger partial charge on any atom is 0.317 e. The largest absolute Gasteiger partial charge is 0.480 e. The molecule has 154 valence electrons. The van der Waals surface area contributed by atoms with Crippen LogP contribution in [0.1, 0.15) is 44.2 Å². The summed E-state index contributed by atoms with van der Waals surface area (Å²) in [6, 6.07) is 5.69. The van der Waals surface area contributed by atoms with Crippen LogP contribution in [0.4, 0.5) is 9.18 Å². The van der Waals surface area contributed by atoms with Crippen LogP contribution in [-0.4, -0.2) is 59.9 Å². The molecule has 2 fully saturated rings. The summed E-state index contributed by atoms with van der Waals surface area (Å²) >= 11 is 0. The first kappa shape index (κ1) is 20.5. The van der Waals surface area contributed by atoms with Crippen molar-refractivity contribution in [3.05, 3.63) is 35.6 Å². The molecule has 2 atom stereocenters. The number of halogens is 1. The van der Waals surface area contributed by atoms with E-state index in [0.717, 1.165) is 31.2 Å². The SMILES string of the molecule is CCN(CC(=O)O)C1CC(NC(=O)NC(c2ccc(F)cc2)C2CCCO2)C1. The van der Waals surface area contributed by atoms with Crippen molar-refractivity contribution >= 4 is 12.0 Å². The van der Waals surface area contributed by atoms with Gasteiger partial charge in [-0.3, -0.25) is 9.69 Å². The Balaban J connectivity index is 1.53. The summed E-state index contributed by atoms with van der Waals surface area (Å²) in [4.78, 5) is 25.3. The average molecular weight is 393 g/mol. The van der Waals surface area contributed by atoms with Crippen LogP contribution in [0.25, 0.3) is 0 Å². The second kappa shape index (κ2) is 9.34. The number of ether oxygens (including phenoxy) is 1. The molecule has 1 aliphatic carbocycles. The molecule has 0 spiro atoms. The van der Waals surface area contributed by atoms with E-state index >= 15 is 0 Å². The number of carboxylic acids is 1. The lowest BCUT2D eigenvalue weighted by atomic mass is 9.85. The summed E-state index contributed by atoms with van der Waals surface area (Å²) < 4.78 is 19.0. The highest BCUT2D eigenvalue weighted by atomic mass is 19.1. The number of carboxylic acid groups (broad SMARTS) is 1. The highest BCUT2D eigenvalue weighted by Crippen LogP contribution is 2.28. The van der Waals surface area contributed by atoms with Gasteiger partial charge in [0.25, 0.3) is 0 Å². The van der Waals surface area contributed by atoms with Crippen LogP contribution in [-0.2, 0) is 9.53 Å².